The number of pyridine rings is 1. The number of oxime groups is 1. The van der Waals surface area contributed by atoms with Crippen molar-refractivity contribution in [3.8, 4) is 0 Å². The van der Waals surface area contributed by atoms with Crippen LogP contribution in [0.5, 0.6) is 0 Å². The van der Waals surface area contributed by atoms with Gasteiger partial charge in [0.1, 0.15) is 18.4 Å². The van der Waals surface area contributed by atoms with E-state index in [1.165, 1.54) is 16.6 Å². The number of nitrogen functional groups attached to an aromatic ring is 1. The van der Waals surface area contributed by atoms with E-state index >= 15 is 8.78 Å². The molecule has 0 radical (unpaired) electrons. The number of aromatic nitrogens is 1. The third kappa shape index (κ3) is 3.11. The lowest BCUT2D eigenvalue weighted by Gasteiger charge is -2.25. The number of carboxylic acid groups (broad SMARTS) is 1. The zero-order valence-corrected chi connectivity index (χ0v) is 17.1. The van der Waals surface area contributed by atoms with Crippen molar-refractivity contribution in [1.82, 2.24) is 4.57 Å². The second-order valence-electron chi connectivity index (χ2n) is 8.27. The zero-order valence-electron chi connectivity index (χ0n) is 17.1. The summed E-state index contributed by atoms with van der Waals surface area (Å²) in [7, 11) is 1.37. The summed E-state index contributed by atoms with van der Waals surface area (Å²) in [5, 5.41) is 12.9. The fourth-order valence-electron chi connectivity index (χ4n) is 4.15. The first-order valence-corrected chi connectivity index (χ1v) is 9.78. The van der Waals surface area contributed by atoms with E-state index in [9.17, 15) is 14.7 Å². The van der Waals surface area contributed by atoms with Gasteiger partial charge < -0.3 is 30.9 Å². The van der Waals surface area contributed by atoms with Gasteiger partial charge in [0.2, 0.25) is 5.43 Å². The van der Waals surface area contributed by atoms with Crippen LogP contribution in [0.2, 0.25) is 0 Å². The Morgan fingerprint density at radius 2 is 2.06 bits per heavy atom. The van der Waals surface area contributed by atoms with Gasteiger partial charge in [-0.3, -0.25) is 4.79 Å². The predicted molar refractivity (Wildman–Crippen MR) is 112 cm³/mol. The van der Waals surface area contributed by atoms with Crippen molar-refractivity contribution in [2.45, 2.75) is 25.8 Å². The topological polar surface area (TPSA) is 136 Å². The monoisotopic (exact) mass is 435 g/mol. The first kappa shape index (κ1) is 21.0. The molecule has 2 fully saturated rings. The Kier molecular flexibility index (Phi) is 4.88. The SMILES string of the molecule is CO/N=C1\CN(c2c(F)c(N)c3c(=O)c(C(=O)O)cn(C4CC4)c3c2F)CC1(C)CN. The van der Waals surface area contributed by atoms with Crippen molar-refractivity contribution >= 4 is 34.0 Å². The minimum absolute atomic E-state index is 0.0567. The van der Waals surface area contributed by atoms with Crippen LogP contribution in [0.1, 0.15) is 36.2 Å². The molecular weight excluding hydrogens is 412 g/mol. The number of hydrogen-bond acceptors (Lipinski definition) is 7. The summed E-state index contributed by atoms with van der Waals surface area (Å²) in [6.45, 7) is 2.20. The maximum atomic E-state index is 15.8. The summed E-state index contributed by atoms with van der Waals surface area (Å²) >= 11 is 0. The van der Waals surface area contributed by atoms with Crippen molar-refractivity contribution in [1.29, 1.82) is 0 Å². The van der Waals surface area contributed by atoms with Crippen LogP contribution in [-0.4, -0.2) is 48.1 Å². The number of carbonyl (C=O) groups is 1. The molecule has 4 rings (SSSR count). The van der Waals surface area contributed by atoms with E-state index in [0.717, 1.165) is 6.20 Å². The normalized spacial score (nSPS) is 22.5. The Hall–Kier alpha value is -3.21. The van der Waals surface area contributed by atoms with Gasteiger partial charge in [0.25, 0.3) is 0 Å². The first-order chi connectivity index (χ1) is 14.6. The molecule has 166 valence electrons. The molecule has 1 aromatic carbocycles. The minimum Gasteiger partial charge on any atom is -0.477 e. The number of nitrogens with zero attached hydrogens (tertiary/aromatic N) is 3. The van der Waals surface area contributed by atoms with Crippen LogP contribution >= 0.6 is 0 Å². The average molecular weight is 435 g/mol. The Balaban J connectivity index is 2.00. The van der Waals surface area contributed by atoms with Crippen LogP contribution < -0.4 is 21.8 Å². The van der Waals surface area contributed by atoms with E-state index in [0.29, 0.717) is 18.6 Å². The lowest BCUT2D eigenvalue weighted by Crippen LogP contribution is -2.36. The van der Waals surface area contributed by atoms with Crippen molar-refractivity contribution in [2.24, 2.45) is 16.3 Å². The minimum atomic E-state index is -1.48. The van der Waals surface area contributed by atoms with Crippen LogP contribution in [0.3, 0.4) is 0 Å². The zero-order chi connectivity index (χ0) is 22.7. The highest BCUT2D eigenvalue weighted by atomic mass is 19.1. The summed E-state index contributed by atoms with van der Waals surface area (Å²) in [6.07, 6.45) is 2.48. The largest absolute Gasteiger partial charge is 0.477 e. The van der Waals surface area contributed by atoms with Gasteiger partial charge in [-0.1, -0.05) is 12.1 Å². The molecule has 0 amide bonds. The van der Waals surface area contributed by atoms with Crippen LogP contribution in [0.25, 0.3) is 10.9 Å². The summed E-state index contributed by atoms with van der Waals surface area (Å²) in [5.74, 6) is -3.57. The molecule has 1 aliphatic carbocycles. The first-order valence-electron chi connectivity index (χ1n) is 9.78. The van der Waals surface area contributed by atoms with E-state index in [4.69, 9.17) is 16.3 Å². The van der Waals surface area contributed by atoms with E-state index in [1.54, 1.807) is 0 Å². The molecule has 9 nitrogen and oxygen atoms in total. The fraction of sp³-hybridized carbons (Fsp3) is 0.450. The molecule has 2 aromatic rings. The third-order valence-corrected chi connectivity index (χ3v) is 6.08. The Morgan fingerprint density at radius 1 is 1.39 bits per heavy atom. The van der Waals surface area contributed by atoms with Gasteiger partial charge in [-0.25, -0.2) is 13.6 Å². The van der Waals surface area contributed by atoms with Crippen molar-refractivity contribution in [2.75, 3.05) is 37.4 Å². The van der Waals surface area contributed by atoms with Crippen molar-refractivity contribution in [3.05, 3.63) is 33.6 Å². The number of halogens is 2. The Labute approximate surface area is 175 Å². The molecule has 1 aliphatic heterocycles. The van der Waals surface area contributed by atoms with E-state index < -0.39 is 50.8 Å². The molecule has 5 N–H and O–H groups in total. The molecule has 1 unspecified atom stereocenters. The van der Waals surface area contributed by atoms with Crippen molar-refractivity contribution < 1.29 is 23.5 Å². The molecule has 11 heteroatoms. The van der Waals surface area contributed by atoms with Gasteiger partial charge in [0, 0.05) is 30.7 Å². The third-order valence-electron chi connectivity index (χ3n) is 6.08. The van der Waals surface area contributed by atoms with Gasteiger partial charge in [0.15, 0.2) is 11.6 Å². The van der Waals surface area contributed by atoms with Crippen LogP contribution in [0, 0.1) is 17.0 Å². The molecule has 1 atom stereocenters. The quantitative estimate of drug-likeness (QED) is 0.480. The number of benzene rings is 1. The second kappa shape index (κ2) is 7.19. The summed E-state index contributed by atoms with van der Waals surface area (Å²) in [6, 6.07) is -0.188. The summed E-state index contributed by atoms with van der Waals surface area (Å²) in [5.41, 5.74) is 8.91. The maximum absolute atomic E-state index is 15.8. The number of anilines is 2. The van der Waals surface area contributed by atoms with E-state index in [-0.39, 0.29) is 31.2 Å². The standard InChI is InChI=1S/C20H23F2N5O4/c1-20(7-23)8-26(6-11(20)25-31-2)17-13(21)15(24)12-16(14(17)22)27(9-3-4-9)5-10(18(12)28)19(29)30/h5,9H,3-4,6-8,23-24H2,1-2H3,(H,29,30)/b25-11+. The highest BCUT2D eigenvalue weighted by molar-refractivity contribution is 6.02. The maximum Gasteiger partial charge on any atom is 0.341 e. The average Bonchev–Trinajstić information content (AvgIpc) is 3.51. The van der Waals surface area contributed by atoms with E-state index in [2.05, 4.69) is 5.16 Å². The Bertz CT molecular complexity index is 1190. The lowest BCUT2D eigenvalue weighted by atomic mass is 9.88. The molecular formula is C20H23F2N5O4. The molecule has 1 aromatic heterocycles. The highest BCUT2D eigenvalue weighted by Crippen LogP contribution is 2.43. The number of rotatable bonds is 5. The number of carboxylic acids is 1. The fourth-order valence-corrected chi connectivity index (χ4v) is 4.15. The second-order valence-corrected chi connectivity index (χ2v) is 8.27. The number of aromatic carboxylic acids is 1. The molecule has 1 saturated heterocycles. The molecule has 1 saturated carbocycles. The molecule has 2 heterocycles. The summed E-state index contributed by atoms with van der Waals surface area (Å²) < 4.78 is 32.6. The molecule has 2 aliphatic rings. The Morgan fingerprint density at radius 3 is 2.61 bits per heavy atom. The van der Waals surface area contributed by atoms with Gasteiger partial charge >= 0.3 is 5.97 Å². The van der Waals surface area contributed by atoms with E-state index in [1.807, 2.05) is 6.92 Å². The number of nitrogens with two attached hydrogens (primary N) is 2. The molecule has 0 spiro atoms. The van der Waals surface area contributed by atoms with Crippen LogP contribution in [-0.2, 0) is 4.84 Å². The number of hydrogen-bond donors (Lipinski definition) is 3. The smallest absolute Gasteiger partial charge is 0.341 e. The molecule has 31 heavy (non-hydrogen) atoms. The predicted octanol–water partition coefficient (Wildman–Crippen LogP) is 1.68. The highest BCUT2D eigenvalue weighted by Gasteiger charge is 2.43. The van der Waals surface area contributed by atoms with Crippen LogP contribution in [0.4, 0.5) is 20.2 Å². The van der Waals surface area contributed by atoms with Crippen LogP contribution in [0.15, 0.2) is 16.1 Å². The van der Waals surface area contributed by atoms with Gasteiger partial charge in [-0.2, -0.15) is 0 Å². The van der Waals surface area contributed by atoms with Gasteiger partial charge in [-0.15, -0.1) is 0 Å². The van der Waals surface area contributed by atoms with Crippen molar-refractivity contribution in [3.63, 3.8) is 0 Å². The molecule has 0 bridgehead atoms. The number of fused-ring (bicyclic) bond motifs is 1. The lowest BCUT2D eigenvalue weighted by molar-refractivity contribution is 0.0695. The summed E-state index contributed by atoms with van der Waals surface area (Å²) in [4.78, 5) is 30.6. The van der Waals surface area contributed by atoms with Gasteiger partial charge in [0.05, 0.1) is 28.8 Å². The van der Waals surface area contributed by atoms with Gasteiger partial charge in [-0.05, 0) is 12.8 Å².